The normalized spacial score (nSPS) is 14.6. The average molecular weight is 368 g/mol. The molecular weight excluding hydrogens is 342 g/mol. The summed E-state index contributed by atoms with van der Waals surface area (Å²) in [6.07, 6.45) is 0. The third kappa shape index (κ3) is 5.31. The van der Waals surface area contributed by atoms with Gasteiger partial charge in [-0.2, -0.15) is 0 Å². The molecule has 0 spiro atoms. The summed E-state index contributed by atoms with van der Waals surface area (Å²) in [5, 5.41) is 2.96. The number of amides is 2. The van der Waals surface area contributed by atoms with Gasteiger partial charge < -0.3 is 19.9 Å². The molecule has 0 saturated carbocycles. The lowest BCUT2D eigenvalue weighted by atomic mass is 10.2. The van der Waals surface area contributed by atoms with Gasteiger partial charge in [0.05, 0.1) is 33.3 Å². The lowest BCUT2D eigenvalue weighted by molar-refractivity contribution is -0.896. The van der Waals surface area contributed by atoms with Gasteiger partial charge >= 0.3 is 0 Å². The Kier molecular flexibility index (Phi) is 6.44. The molecule has 0 atom stereocenters. The van der Waals surface area contributed by atoms with Crippen LogP contribution in [-0.4, -0.2) is 56.5 Å². The van der Waals surface area contributed by atoms with Gasteiger partial charge in [0.2, 0.25) is 0 Å². The first-order valence-corrected chi connectivity index (χ1v) is 9.23. The number of nitrogens with one attached hydrogen (secondary N) is 2. The molecule has 2 aromatic carbocycles. The van der Waals surface area contributed by atoms with Crippen molar-refractivity contribution in [3.63, 3.8) is 0 Å². The molecule has 0 aliphatic carbocycles. The minimum absolute atomic E-state index is 0.0312. The average Bonchev–Trinajstić information content (AvgIpc) is 2.73. The van der Waals surface area contributed by atoms with Crippen LogP contribution in [0.3, 0.4) is 0 Å². The predicted octanol–water partition coefficient (Wildman–Crippen LogP) is 0.352. The van der Waals surface area contributed by atoms with Crippen molar-refractivity contribution in [2.45, 2.75) is 6.54 Å². The Morgan fingerprint density at radius 1 is 1.04 bits per heavy atom. The third-order valence-corrected chi connectivity index (χ3v) is 4.84. The number of quaternary nitrogens is 1. The van der Waals surface area contributed by atoms with E-state index in [0.29, 0.717) is 26.2 Å². The van der Waals surface area contributed by atoms with Crippen molar-refractivity contribution in [2.24, 2.45) is 0 Å². The highest BCUT2D eigenvalue weighted by Crippen LogP contribution is 2.10. The molecule has 27 heavy (non-hydrogen) atoms. The predicted molar refractivity (Wildman–Crippen MR) is 103 cm³/mol. The van der Waals surface area contributed by atoms with E-state index >= 15 is 0 Å². The first kappa shape index (κ1) is 18.9. The number of hydrogen-bond acceptors (Lipinski definition) is 3. The Morgan fingerprint density at radius 2 is 1.70 bits per heavy atom. The molecule has 0 radical (unpaired) electrons. The number of carbonyl (C=O) groups is 2. The lowest BCUT2D eigenvalue weighted by Crippen LogP contribution is -3.15. The van der Waals surface area contributed by atoms with Crippen molar-refractivity contribution in [1.82, 2.24) is 10.2 Å². The minimum Gasteiger partial charge on any atom is -0.497 e. The fourth-order valence-electron chi connectivity index (χ4n) is 3.20. The molecule has 2 aromatic rings. The Hall–Kier alpha value is -2.86. The van der Waals surface area contributed by atoms with E-state index in [1.54, 1.807) is 7.11 Å². The van der Waals surface area contributed by atoms with Crippen LogP contribution in [0.4, 0.5) is 0 Å². The Morgan fingerprint density at radius 3 is 2.33 bits per heavy atom. The molecule has 1 aliphatic heterocycles. The summed E-state index contributed by atoms with van der Waals surface area (Å²) < 4.78 is 5.13. The number of hydrogen-bond donors (Lipinski definition) is 2. The van der Waals surface area contributed by atoms with E-state index in [4.69, 9.17) is 4.74 Å². The van der Waals surface area contributed by atoms with Gasteiger partial charge in [0.25, 0.3) is 11.8 Å². The van der Waals surface area contributed by atoms with Gasteiger partial charge in [-0.1, -0.05) is 30.3 Å². The molecule has 0 aromatic heterocycles. The van der Waals surface area contributed by atoms with Crippen LogP contribution in [0.5, 0.6) is 5.75 Å². The number of piperazine rings is 1. The number of methoxy groups -OCH3 is 1. The SMILES string of the molecule is COc1ccc(CNC(=O)C[NH+]2CCN(C(=O)c3ccccc3)CC2)cc1. The maximum atomic E-state index is 12.5. The van der Waals surface area contributed by atoms with Crippen molar-refractivity contribution in [1.29, 1.82) is 0 Å². The van der Waals surface area contributed by atoms with Gasteiger partial charge in [0.15, 0.2) is 6.54 Å². The fraction of sp³-hybridized carbons (Fsp3) is 0.333. The third-order valence-electron chi connectivity index (χ3n) is 4.84. The zero-order valence-electron chi connectivity index (χ0n) is 15.6. The zero-order valence-corrected chi connectivity index (χ0v) is 15.6. The summed E-state index contributed by atoms with van der Waals surface area (Å²) in [5.74, 6) is 0.903. The van der Waals surface area contributed by atoms with Gasteiger partial charge in [-0.25, -0.2) is 0 Å². The van der Waals surface area contributed by atoms with Crippen LogP contribution >= 0.6 is 0 Å². The molecule has 2 amide bonds. The number of carbonyl (C=O) groups excluding carboxylic acids is 2. The Balaban J connectivity index is 1.40. The lowest BCUT2D eigenvalue weighted by Gasteiger charge is -2.32. The number of ether oxygens (including phenoxy) is 1. The minimum atomic E-state index is 0.0312. The van der Waals surface area contributed by atoms with Gasteiger partial charge in [-0.05, 0) is 29.8 Å². The highest BCUT2D eigenvalue weighted by Gasteiger charge is 2.25. The molecule has 1 aliphatic rings. The van der Waals surface area contributed by atoms with Gasteiger partial charge in [-0.15, -0.1) is 0 Å². The van der Waals surface area contributed by atoms with Crippen molar-refractivity contribution in [3.05, 3.63) is 65.7 Å². The molecule has 0 unspecified atom stereocenters. The quantitative estimate of drug-likeness (QED) is 0.774. The van der Waals surface area contributed by atoms with E-state index in [9.17, 15) is 9.59 Å². The second-order valence-corrected chi connectivity index (χ2v) is 6.71. The molecule has 142 valence electrons. The van der Waals surface area contributed by atoms with Crippen LogP contribution in [0.2, 0.25) is 0 Å². The van der Waals surface area contributed by atoms with E-state index in [2.05, 4.69) is 5.32 Å². The second kappa shape index (κ2) is 9.19. The molecular formula is C21H26N3O3+. The van der Waals surface area contributed by atoms with E-state index in [-0.39, 0.29) is 11.8 Å². The van der Waals surface area contributed by atoms with Crippen LogP contribution in [0.15, 0.2) is 54.6 Å². The van der Waals surface area contributed by atoms with Crippen LogP contribution in [0.25, 0.3) is 0 Å². The van der Waals surface area contributed by atoms with E-state index in [0.717, 1.165) is 30.0 Å². The van der Waals surface area contributed by atoms with E-state index in [1.807, 2.05) is 59.5 Å². The van der Waals surface area contributed by atoms with Crippen LogP contribution < -0.4 is 15.0 Å². The smallest absolute Gasteiger partial charge is 0.275 e. The van der Waals surface area contributed by atoms with Crippen LogP contribution in [0.1, 0.15) is 15.9 Å². The molecule has 2 N–H and O–H groups in total. The molecule has 1 saturated heterocycles. The van der Waals surface area contributed by atoms with Crippen LogP contribution in [0, 0.1) is 0 Å². The highest BCUT2D eigenvalue weighted by molar-refractivity contribution is 5.94. The second-order valence-electron chi connectivity index (χ2n) is 6.71. The molecule has 6 heteroatoms. The molecule has 0 bridgehead atoms. The van der Waals surface area contributed by atoms with Crippen molar-refractivity contribution in [2.75, 3.05) is 39.8 Å². The Bertz CT molecular complexity index is 754. The summed E-state index contributed by atoms with van der Waals surface area (Å²) in [7, 11) is 1.63. The van der Waals surface area contributed by atoms with Gasteiger partial charge in [-0.3, -0.25) is 9.59 Å². The highest BCUT2D eigenvalue weighted by atomic mass is 16.5. The monoisotopic (exact) mass is 368 g/mol. The maximum Gasteiger partial charge on any atom is 0.275 e. The van der Waals surface area contributed by atoms with Gasteiger partial charge in [0, 0.05) is 12.1 Å². The molecule has 1 heterocycles. The summed E-state index contributed by atoms with van der Waals surface area (Å²) in [4.78, 5) is 27.7. The summed E-state index contributed by atoms with van der Waals surface area (Å²) >= 11 is 0. The topological polar surface area (TPSA) is 63.1 Å². The van der Waals surface area contributed by atoms with Gasteiger partial charge in [0.1, 0.15) is 5.75 Å². The summed E-state index contributed by atoms with van der Waals surface area (Å²) in [5.41, 5.74) is 1.76. The largest absolute Gasteiger partial charge is 0.497 e. The number of benzene rings is 2. The number of nitrogens with zero attached hydrogens (tertiary/aromatic N) is 1. The zero-order chi connectivity index (χ0) is 19.1. The first-order valence-electron chi connectivity index (χ1n) is 9.23. The molecule has 1 fully saturated rings. The summed E-state index contributed by atoms with van der Waals surface area (Å²) in [6, 6.07) is 17.0. The standard InChI is InChI=1S/C21H25N3O3/c1-27-19-9-7-17(8-10-19)15-22-20(25)16-23-11-13-24(14-12-23)21(26)18-5-3-2-4-6-18/h2-10H,11-16H2,1H3,(H,22,25)/p+1. The van der Waals surface area contributed by atoms with Crippen molar-refractivity contribution >= 4 is 11.8 Å². The summed E-state index contributed by atoms with van der Waals surface area (Å²) in [6.45, 7) is 3.87. The maximum absolute atomic E-state index is 12.5. The van der Waals surface area contributed by atoms with E-state index in [1.165, 1.54) is 4.90 Å². The molecule has 6 nitrogen and oxygen atoms in total. The molecule has 3 rings (SSSR count). The Labute approximate surface area is 159 Å². The van der Waals surface area contributed by atoms with Crippen molar-refractivity contribution in [3.8, 4) is 5.75 Å². The fourth-order valence-corrected chi connectivity index (χ4v) is 3.20. The van der Waals surface area contributed by atoms with Crippen molar-refractivity contribution < 1.29 is 19.2 Å². The number of rotatable bonds is 6. The van der Waals surface area contributed by atoms with E-state index < -0.39 is 0 Å². The van der Waals surface area contributed by atoms with Crippen LogP contribution in [-0.2, 0) is 11.3 Å². The first-order chi connectivity index (χ1) is 13.2.